The van der Waals surface area contributed by atoms with Gasteiger partial charge in [0.1, 0.15) is 17.5 Å². The standard InChI is InChI=1S/C11H10FNO3S/c1-17(15,16)7-11(14)10(6-13)8-2-4-9(12)5-3-8/h2-5,10H,7H2,1H3. The van der Waals surface area contributed by atoms with Gasteiger partial charge in [0.25, 0.3) is 0 Å². The quantitative estimate of drug-likeness (QED) is 0.805. The molecule has 0 heterocycles. The Morgan fingerprint density at radius 2 is 1.94 bits per heavy atom. The van der Waals surface area contributed by atoms with Gasteiger partial charge < -0.3 is 0 Å². The van der Waals surface area contributed by atoms with Crippen LogP contribution in [0.4, 0.5) is 4.39 Å². The van der Waals surface area contributed by atoms with E-state index < -0.39 is 33.1 Å². The lowest BCUT2D eigenvalue weighted by molar-refractivity contribution is -0.116. The molecule has 1 aromatic rings. The summed E-state index contributed by atoms with van der Waals surface area (Å²) in [5, 5.41) is 8.86. The second-order valence-electron chi connectivity index (χ2n) is 3.65. The molecule has 0 amide bonds. The second kappa shape index (κ2) is 5.06. The molecular formula is C11H10FNO3S. The molecule has 1 unspecified atom stereocenters. The van der Waals surface area contributed by atoms with Crippen molar-refractivity contribution in [2.75, 3.05) is 12.0 Å². The van der Waals surface area contributed by atoms with Crippen LogP contribution in [0.2, 0.25) is 0 Å². The lowest BCUT2D eigenvalue weighted by atomic mass is 9.97. The van der Waals surface area contributed by atoms with E-state index in [0.717, 1.165) is 18.4 Å². The van der Waals surface area contributed by atoms with Crippen LogP contribution in [0.25, 0.3) is 0 Å². The van der Waals surface area contributed by atoms with E-state index in [4.69, 9.17) is 5.26 Å². The lowest BCUT2D eigenvalue weighted by Crippen LogP contribution is -2.20. The number of hydrogen-bond donors (Lipinski definition) is 0. The molecule has 0 spiro atoms. The molecule has 0 saturated heterocycles. The molecule has 0 fully saturated rings. The van der Waals surface area contributed by atoms with E-state index in [1.807, 2.05) is 0 Å². The topological polar surface area (TPSA) is 75.0 Å². The van der Waals surface area contributed by atoms with Gasteiger partial charge in [-0.05, 0) is 17.7 Å². The summed E-state index contributed by atoms with van der Waals surface area (Å²) in [6.45, 7) is 0. The molecule has 6 heteroatoms. The highest BCUT2D eigenvalue weighted by Crippen LogP contribution is 2.17. The van der Waals surface area contributed by atoms with Crippen LogP contribution in [0.3, 0.4) is 0 Å². The third-order valence-electron chi connectivity index (χ3n) is 2.06. The van der Waals surface area contributed by atoms with Crippen LogP contribution in [0.5, 0.6) is 0 Å². The molecule has 4 nitrogen and oxygen atoms in total. The van der Waals surface area contributed by atoms with Crippen molar-refractivity contribution in [3.63, 3.8) is 0 Å². The zero-order valence-electron chi connectivity index (χ0n) is 9.05. The van der Waals surface area contributed by atoms with E-state index in [1.165, 1.54) is 12.1 Å². The summed E-state index contributed by atoms with van der Waals surface area (Å²) >= 11 is 0. The highest BCUT2D eigenvalue weighted by Gasteiger charge is 2.23. The number of Topliss-reactive ketones (excluding diaryl/α,β-unsaturated/α-hetero) is 1. The zero-order chi connectivity index (χ0) is 13.1. The van der Waals surface area contributed by atoms with Crippen LogP contribution < -0.4 is 0 Å². The maximum absolute atomic E-state index is 12.7. The number of ketones is 1. The van der Waals surface area contributed by atoms with E-state index in [2.05, 4.69) is 0 Å². The Kier molecular flexibility index (Phi) is 3.97. The highest BCUT2D eigenvalue weighted by atomic mass is 32.2. The van der Waals surface area contributed by atoms with Gasteiger partial charge in [-0.1, -0.05) is 12.1 Å². The zero-order valence-corrected chi connectivity index (χ0v) is 9.87. The van der Waals surface area contributed by atoms with Gasteiger partial charge in [0.15, 0.2) is 15.6 Å². The van der Waals surface area contributed by atoms with Crippen molar-refractivity contribution in [2.45, 2.75) is 5.92 Å². The molecule has 0 radical (unpaired) electrons. The van der Waals surface area contributed by atoms with E-state index in [1.54, 1.807) is 6.07 Å². The molecule has 1 atom stereocenters. The van der Waals surface area contributed by atoms with Crippen LogP contribution in [-0.4, -0.2) is 26.2 Å². The Bertz CT molecular complexity index is 557. The van der Waals surface area contributed by atoms with Crippen molar-refractivity contribution in [3.8, 4) is 6.07 Å². The first-order valence-corrected chi connectivity index (χ1v) is 6.75. The van der Waals surface area contributed by atoms with Crippen LogP contribution in [-0.2, 0) is 14.6 Å². The Morgan fingerprint density at radius 3 is 2.35 bits per heavy atom. The first kappa shape index (κ1) is 13.3. The van der Waals surface area contributed by atoms with Gasteiger partial charge >= 0.3 is 0 Å². The van der Waals surface area contributed by atoms with Crippen molar-refractivity contribution in [1.29, 1.82) is 5.26 Å². The minimum absolute atomic E-state index is 0.294. The molecule has 0 saturated carbocycles. The SMILES string of the molecule is CS(=O)(=O)CC(=O)C(C#N)c1ccc(F)cc1. The number of halogens is 1. The fraction of sp³-hybridized carbons (Fsp3) is 0.273. The molecule has 0 aliphatic carbocycles. The van der Waals surface area contributed by atoms with Crippen molar-refractivity contribution >= 4 is 15.6 Å². The summed E-state index contributed by atoms with van der Waals surface area (Å²) in [5.74, 6) is -3.06. The van der Waals surface area contributed by atoms with Gasteiger partial charge in [-0.15, -0.1) is 0 Å². The number of nitriles is 1. The van der Waals surface area contributed by atoms with Crippen LogP contribution in [0.15, 0.2) is 24.3 Å². The van der Waals surface area contributed by atoms with Gasteiger partial charge in [0.2, 0.25) is 0 Å². The number of hydrogen-bond acceptors (Lipinski definition) is 4. The molecular weight excluding hydrogens is 245 g/mol. The summed E-state index contributed by atoms with van der Waals surface area (Å²) in [7, 11) is -3.47. The molecule has 1 rings (SSSR count). The molecule has 0 aliphatic rings. The summed E-state index contributed by atoms with van der Waals surface area (Å²) in [4.78, 5) is 11.6. The van der Waals surface area contributed by atoms with Gasteiger partial charge in [-0.3, -0.25) is 4.79 Å². The minimum Gasteiger partial charge on any atom is -0.297 e. The highest BCUT2D eigenvalue weighted by molar-refractivity contribution is 7.91. The van der Waals surface area contributed by atoms with Gasteiger partial charge in [-0.2, -0.15) is 5.26 Å². The molecule has 0 aliphatic heterocycles. The predicted octanol–water partition coefficient (Wildman–Crippen LogP) is 1.05. The van der Waals surface area contributed by atoms with Crippen molar-refractivity contribution in [2.24, 2.45) is 0 Å². The molecule has 90 valence electrons. The van der Waals surface area contributed by atoms with Gasteiger partial charge in [0, 0.05) is 6.26 Å². The fourth-order valence-electron chi connectivity index (χ4n) is 1.33. The number of nitrogens with zero attached hydrogens (tertiary/aromatic N) is 1. The monoisotopic (exact) mass is 255 g/mol. The fourth-order valence-corrected chi connectivity index (χ4v) is 2.01. The van der Waals surface area contributed by atoms with E-state index in [9.17, 15) is 17.6 Å². The number of rotatable bonds is 4. The molecule has 17 heavy (non-hydrogen) atoms. The van der Waals surface area contributed by atoms with Gasteiger partial charge in [-0.25, -0.2) is 12.8 Å². The van der Waals surface area contributed by atoms with Crippen molar-refractivity contribution < 1.29 is 17.6 Å². The lowest BCUT2D eigenvalue weighted by Gasteiger charge is -2.07. The molecule has 0 N–H and O–H groups in total. The maximum Gasteiger partial charge on any atom is 0.169 e. The van der Waals surface area contributed by atoms with Crippen LogP contribution in [0, 0.1) is 17.1 Å². The van der Waals surface area contributed by atoms with E-state index in [0.29, 0.717) is 5.56 Å². The van der Waals surface area contributed by atoms with E-state index in [-0.39, 0.29) is 0 Å². The first-order valence-electron chi connectivity index (χ1n) is 4.69. The Morgan fingerprint density at radius 1 is 1.41 bits per heavy atom. The normalized spacial score (nSPS) is 12.8. The number of carbonyl (C=O) groups excluding carboxylic acids is 1. The summed E-state index contributed by atoms with van der Waals surface area (Å²) in [6, 6.07) is 6.55. The molecule has 0 bridgehead atoms. The van der Waals surface area contributed by atoms with Crippen LogP contribution >= 0.6 is 0 Å². The average molecular weight is 255 g/mol. The van der Waals surface area contributed by atoms with Crippen molar-refractivity contribution in [3.05, 3.63) is 35.6 Å². The minimum atomic E-state index is -3.47. The number of benzene rings is 1. The van der Waals surface area contributed by atoms with E-state index >= 15 is 0 Å². The summed E-state index contributed by atoms with van der Waals surface area (Å²) in [5.41, 5.74) is 0.294. The maximum atomic E-state index is 12.7. The molecule has 0 aromatic heterocycles. The average Bonchev–Trinajstić information content (AvgIpc) is 2.19. The first-order chi connectivity index (χ1) is 7.83. The third kappa shape index (κ3) is 3.96. The Labute approximate surface area is 98.6 Å². The summed E-state index contributed by atoms with van der Waals surface area (Å²) < 4.78 is 34.6. The Hall–Kier alpha value is -1.74. The molecule has 1 aromatic carbocycles. The Balaban J connectivity index is 2.97. The number of sulfone groups is 1. The van der Waals surface area contributed by atoms with Crippen LogP contribution in [0.1, 0.15) is 11.5 Å². The smallest absolute Gasteiger partial charge is 0.169 e. The second-order valence-corrected chi connectivity index (χ2v) is 5.79. The van der Waals surface area contributed by atoms with Crippen molar-refractivity contribution in [1.82, 2.24) is 0 Å². The largest absolute Gasteiger partial charge is 0.297 e. The van der Waals surface area contributed by atoms with Gasteiger partial charge in [0.05, 0.1) is 6.07 Å². The summed E-state index contributed by atoms with van der Waals surface area (Å²) in [6.07, 6.45) is 0.921. The number of carbonyl (C=O) groups is 1. The predicted molar refractivity (Wildman–Crippen MR) is 59.5 cm³/mol. The third-order valence-corrected chi connectivity index (χ3v) is 2.87.